The zero-order valence-corrected chi connectivity index (χ0v) is 13.4. The molecule has 0 saturated heterocycles. The Balaban J connectivity index is 2.21. The number of rotatable bonds is 2. The van der Waals surface area contributed by atoms with Crippen LogP contribution in [0.1, 0.15) is 32.9 Å². The largest absolute Gasteiger partial charge is 0.476 e. The first kappa shape index (κ1) is 14.3. The molecule has 0 atom stereocenters. The predicted molar refractivity (Wildman–Crippen MR) is 81.1 cm³/mol. The zero-order valence-electron chi connectivity index (χ0n) is 11.8. The highest BCUT2D eigenvalue weighted by atomic mass is 79.9. The van der Waals surface area contributed by atoms with Crippen LogP contribution in [0.5, 0.6) is 0 Å². The molecule has 5 nitrogen and oxygen atoms in total. The van der Waals surface area contributed by atoms with Crippen LogP contribution >= 0.6 is 15.9 Å². The summed E-state index contributed by atoms with van der Waals surface area (Å²) in [4.78, 5) is 11.4. The standard InChI is InChI=1S/C15H15BrN2O3/c1-8-5-10(6-9(2)13(8)16)18-12-3-4-21-7-11(12)14(17-18)15(19)20/h5-6H,3-4,7H2,1-2H3,(H,19,20). The summed E-state index contributed by atoms with van der Waals surface area (Å²) < 4.78 is 8.19. The number of carbonyl (C=O) groups is 1. The third kappa shape index (κ3) is 2.38. The Morgan fingerprint density at radius 2 is 2.05 bits per heavy atom. The molecule has 0 amide bonds. The third-order valence-corrected chi connectivity index (χ3v) is 4.94. The average molecular weight is 351 g/mol. The maximum Gasteiger partial charge on any atom is 0.356 e. The van der Waals surface area contributed by atoms with Crippen molar-refractivity contribution in [1.29, 1.82) is 0 Å². The first-order valence-electron chi connectivity index (χ1n) is 6.68. The number of ether oxygens (including phenoxy) is 1. The SMILES string of the molecule is Cc1cc(-n2nc(C(=O)O)c3c2CCOC3)cc(C)c1Br. The summed E-state index contributed by atoms with van der Waals surface area (Å²) in [6.07, 6.45) is 0.670. The minimum atomic E-state index is -1.01. The van der Waals surface area contributed by atoms with Crippen molar-refractivity contribution in [2.24, 2.45) is 0 Å². The fourth-order valence-electron chi connectivity index (χ4n) is 2.67. The van der Waals surface area contributed by atoms with E-state index in [4.69, 9.17) is 4.74 Å². The summed E-state index contributed by atoms with van der Waals surface area (Å²) in [5.74, 6) is -1.01. The first-order chi connectivity index (χ1) is 9.99. The lowest BCUT2D eigenvalue weighted by molar-refractivity contribution is 0.0677. The number of fused-ring (bicyclic) bond motifs is 1. The Kier molecular flexibility index (Phi) is 3.59. The van der Waals surface area contributed by atoms with Gasteiger partial charge in [-0.05, 0) is 37.1 Å². The molecule has 1 aromatic carbocycles. The van der Waals surface area contributed by atoms with Gasteiger partial charge < -0.3 is 9.84 Å². The number of aromatic nitrogens is 2. The van der Waals surface area contributed by atoms with Crippen molar-refractivity contribution in [3.63, 3.8) is 0 Å². The van der Waals surface area contributed by atoms with Gasteiger partial charge in [-0.1, -0.05) is 15.9 Å². The van der Waals surface area contributed by atoms with Crippen LogP contribution in [0.15, 0.2) is 16.6 Å². The minimum Gasteiger partial charge on any atom is -0.476 e. The number of hydrogen-bond acceptors (Lipinski definition) is 3. The average Bonchev–Trinajstić information content (AvgIpc) is 2.84. The summed E-state index contributed by atoms with van der Waals surface area (Å²) in [6, 6.07) is 4.01. The van der Waals surface area contributed by atoms with Crippen molar-refractivity contribution >= 4 is 21.9 Å². The molecule has 1 N–H and O–H groups in total. The second-order valence-corrected chi connectivity index (χ2v) is 5.98. The van der Waals surface area contributed by atoms with Gasteiger partial charge in [0, 0.05) is 16.5 Å². The summed E-state index contributed by atoms with van der Waals surface area (Å²) in [6.45, 7) is 4.92. The van der Waals surface area contributed by atoms with Gasteiger partial charge in [0.05, 0.1) is 24.6 Å². The van der Waals surface area contributed by atoms with E-state index in [0.717, 1.165) is 27.0 Å². The van der Waals surface area contributed by atoms with E-state index >= 15 is 0 Å². The molecule has 110 valence electrons. The van der Waals surface area contributed by atoms with E-state index in [1.165, 1.54) is 0 Å². The lowest BCUT2D eigenvalue weighted by atomic mass is 10.1. The van der Waals surface area contributed by atoms with Crippen molar-refractivity contribution in [3.8, 4) is 5.69 Å². The predicted octanol–water partition coefficient (Wildman–Crippen LogP) is 3.02. The van der Waals surface area contributed by atoms with Gasteiger partial charge >= 0.3 is 5.97 Å². The van der Waals surface area contributed by atoms with Gasteiger partial charge in [0.15, 0.2) is 5.69 Å². The molecule has 0 radical (unpaired) electrons. The molecule has 2 heterocycles. The molecule has 0 fully saturated rings. The van der Waals surface area contributed by atoms with Crippen molar-refractivity contribution in [1.82, 2.24) is 9.78 Å². The van der Waals surface area contributed by atoms with E-state index in [9.17, 15) is 9.90 Å². The number of halogens is 1. The van der Waals surface area contributed by atoms with Gasteiger partial charge in [0.2, 0.25) is 0 Å². The smallest absolute Gasteiger partial charge is 0.356 e. The molecule has 1 aliphatic heterocycles. The lowest BCUT2D eigenvalue weighted by Crippen LogP contribution is -2.13. The van der Waals surface area contributed by atoms with Crippen LogP contribution in [0, 0.1) is 13.8 Å². The Labute approximate surface area is 130 Å². The van der Waals surface area contributed by atoms with E-state index in [2.05, 4.69) is 21.0 Å². The van der Waals surface area contributed by atoms with Crippen LogP contribution in [0.25, 0.3) is 5.69 Å². The Morgan fingerprint density at radius 3 is 2.67 bits per heavy atom. The van der Waals surface area contributed by atoms with Crippen molar-refractivity contribution in [2.45, 2.75) is 26.9 Å². The Morgan fingerprint density at radius 1 is 1.38 bits per heavy atom. The van der Waals surface area contributed by atoms with Crippen LogP contribution in [0.4, 0.5) is 0 Å². The van der Waals surface area contributed by atoms with Crippen LogP contribution in [-0.2, 0) is 17.8 Å². The molecule has 1 aliphatic rings. The van der Waals surface area contributed by atoms with Gasteiger partial charge in [-0.15, -0.1) is 0 Å². The fraction of sp³-hybridized carbons (Fsp3) is 0.333. The monoisotopic (exact) mass is 350 g/mol. The summed E-state index contributed by atoms with van der Waals surface area (Å²) in [7, 11) is 0. The molecule has 21 heavy (non-hydrogen) atoms. The Bertz CT molecular complexity index is 714. The quantitative estimate of drug-likeness (QED) is 0.903. The molecule has 2 aromatic rings. The second-order valence-electron chi connectivity index (χ2n) is 5.19. The van der Waals surface area contributed by atoms with Gasteiger partial charge in [-0.25, -0.2) is 9.48 Å². The number of nitrogens with zero attached hydrogens (tertiary/aromatic N) is 2. The number of hydrogen-bond donors (Lipinski definition) is 1. The highest BCUT2D eigenvalue weighted by Gasteiger charge is 2.26. The minimum absolute atomic E-state index is 0.0860. The molecular weight excluding hydrogens is 336 g/mol. The summed E-state index contributed by atoms with van der Waals surface area (Å²) in [5.41, 5.74) is 4.78. The lowest BCUT2D eigenvalue weighted by Gasteiger charge is -2.16. The summed E-state index contributed by atoms with van der Waals surface area (Å²) >= 11 is 3.55. The summed E-state index contributed by atoms with van der Waals surface area (Å²) in [5, 5.41) is 13.6. The molecule has 0 bridgehead atoms. The molecule has 0 spiro atoms. The number of carboxylic acid groups (broad SMARTS) is 1. The van der Waals surface area contributed by atoms with Gasteiger partial charge in [-0.2, -0.15) is 5.10 Å². The van der Waals surface area contributed by atoms with Crippen LogP contribution < -0.4 is 0 Å². The van der Waals surface area contributed by atoms with Gasteiger partial charge in [0.1, 0.15) is 0 Å². The molecule has 6 heteroatoms. The van der Waals surface area contributed by atoms with Gasteiger partial charge in [0.25, 0.3) is 0 Å². The van der Waals surface area contributed by atoms with Crippen molar-refractivity contribution in [2.75, 3.05) is 6.61 Å². The molecule has 0 saturated carbocycles. The van der Waals surface area contributed by atoms with Crippen molar-refractivity contribution in [3.05, 3.63) is 44.7 Å². The highest BCUT2D eigenvalue weighted by Crippen LogP contribution is 2.28. The number of aryl methyl sites for hydroxylation is 2. The van der Waals surface area contributed by atoms with Gasteiger partial charge in [-0.3, -0.25) is 0 Å². The number of carboxylic acids is 1. The van der Waals surface area contributed by atoms with E-state index in [1.54, 1.807) is 4.68 Å². The normalized spacial score (nSPS) is 14.0. The van der Waals surface area contributed by atoms with Crippen LogP contribution in [-0.4, -0.2) is 27.5 Å². The molecule has 3 rings (SSSR count). The maximum atomic E-state index is 11.4. The Hall–Kier alpha value is -1.66. The zero-order chi connectivity index (χ0) is 15.1. The molecular formula is C15H15BrN2O3. The van der Waals surface area contributed by atoms with Crippen LogP contribution in [0.3, 0.4) is 0 Å². The maximum absolute atomic E-state index is 11.4. The second kappa shape index (κ2) is 5.27. The molecule has 0 aliphatic carbocycles. The topological polar surface area (TPSA) is 64.4 Å². The first-order valence-corrected chi connectivity index (χ1v) is 7.47. The van der Waals surface area contributed by atoms with E-state index < -0.39 is 5.97 Å². The number of aromatic carboxylic acids is 1. The fourth-order valence-corrected chi connectivity index (χ4v) is 2.90. The van der Waals surface area contributed by atoms with Crippen molar-refractivity contribution < 1.29 is 14.6 Å². The van der Waals surface area contributed by atoms with Crippen LogP contribution in [0.2, 0.25) is 0 Å². The van der Waals surface area contributed by atoms with E-state index in [-0.39, 0.29) is 5.69 Å². The number of benzene rings is 1. The molecule has 1 aromatic heterocycles. The van der Waals surface area contributed by atoms with E-state index in [1.807, 2.05) is 26.0 Å². The highest BCUT2D eigenvalue weighted by molar-refractivity contribution is 9.10. The van der Waals surface area contributed by atoms with E-state index in [0.29, 0.717) is 25.2 Å². The third-order valence-electron chi connectivity index (χ3n) is 3.69. The molecule has 0 unspecified atom stereocenters.